The van der Waals surface area contributed by atoms with E-state index < -0.39 is 11.2 Å². The number of aliphatic hydroxyl groups excluding tert-OH is 1. The molecule has 0 radical (unpaired) electrons. The number of carbonyl (C=O) groups excluding carboxylic acids is 2. The quantitative estimate of drug-likeness (QED) is 0.296. The van der Waals surface area contributed by atoms with Crippen molar-refractivity contribution in [2.24, 2.45) is 0 Å². The molecule has 3 fully saturated rings. The van der Waals surface area contributed by atoms with Crippen molar-refractivity contribution in [3.8, 4) is 11.5 Å². The number of hydrogen-bond donors (Lipinski definition) is 2. The van der Waals surface area contributed by atoms with Gasteiger partial charge in [0.2, 0.25) is 0 Å². The van der Waals surface area contributed by atoms with Gasteiger partial charge in [0.1, 0.15) is 38.0 Å². The van der Waals surface area contributed by atoms with Crippen LogP contribution in [0.25, 0.3) is 0 Å². The van der Waals surface area contributed by atoms with Crippen LogP contribution in [0, 0.1) is 0 Å². The molecule has 14 heteroatoms. The lowest BCUT2D eigenvalue weighted by Crippen LogP contribution is -2.44. The van der Waals surface area contributed by atoms with Crippen molar-refractivity contribution < 1.29 is 38.7 Å². The summed E-state index contributed by atoms with van der Waals surface area (Å²) >= 11 is 6.42. The first kappa shape index (κ1) is 41.5. The molecule has 2 aromatic rings. The highest BCUT2D eigenvalue weighted by Gasteiger charge is 2.28. The van der Waals surface area contributed by atoms with Crippen LogP contribution in [0.3, 0.4) is 0 Å². The molecule has 12 nitrogen and oxygen atoms in total. The minimum absolute atomic E-state index is 0.117. The van der Waals surface area contributed by atoms with Crippen LogP contribution in [0.1, 0.15) is 80.1 Å². The predicted octanol–water partition coefficient (Wildman–Crippen LogP) is 7.35. The van der Waals surface area contributed by atoms with E-state index in [-0.39, 0.29) is 30.1 Å². The molecule has 3 saturated heterocycles. The van der Waals surface area contributed by atoms with Gasteiger partial charge in [-0.2, -0.15) is 0 Å². The molecule has 3 aliphatic rings. The van der Waals surface area contributed by atoms with Crippen molar-refractivity contribution in [1.29, 1.82) is 0 Å². The lowest BCUT2D eigenvalue weighted by molar-refractivity contribution is 0.00959. The van der Waals surface area contributed by atoms with Crippen LogP contribution >= 0.6 is 31.9 Å². The number of rotatable bonds is 2. The number of carbonyl (C=O) groups is 2. The average molecular weight is 805 g/mol. The molecule has 48 heavy (non-hydrogen) atoms. The van der Waals surface area contributed by atoms with Gasteiger partial charge < -0.3 is 39.0 Å². The highest BCUT2D eigenvalue weighted by molar-refractivity contribution is 9.10. The Morgan fingerprint density at radius 2 is 1.23 bits per heavy atom. The number of hydrogen-bond acceptors (Lipinski definition) is 10. The molecule has 2 N–H and O–H groups in total. The van der Waals surface area contributed by atoms with Crippen LogP contribution < -0.4 is 4.74 Å². The minimum atomic E-state index is -0.451. The lowest BCUT2D eigenvalue weighted by atomic mass is 10.1. The molecule has 0 spiro atoms. The second kappa shape index (κ2) is 20.7. The maximum absolute atomic E-state index is 12.0. The number of aromatic hydroxyl groups is 1. The number of pyridine rings is 2. The minimum Gasteiger partial charge on any atom is -0.506 e. The molecule has 5 heterocycles. The summed E-state index contributed by atoms with van der Waals surface area (Å²) in [6.07, 6.45) is 7.88. The number of amides is 2. The molecule has 270 valence electrons. The topological polar surface area (TPSA) is 144 Å². The fourth-order valence-electron chi connectivity index (χ4n) is 4.36. The number of halogens is 2. The van der Waals surface area contributed by atoms with E-state index in [0.29, 0.717) is 39.0 Å². The summed E-state index contributed by atoms with van der Waals surface area (Å²) in [4.78, 5) is 34.8. The second-order valence-electron chi connectivity index (χ2n) is 13.5. The Balaban J connectivity index is 0.000000252. The maximum atomic E-state index is 12.0. The first-order valence-corrected chi connectivity index (χ1v) is 17.9. The van der Waals surface area contributed by atoms with Gasteiger partial charge in [0.15, 0.2) is 0 Å². The Kier molecular flexibility index (Phi) is 17.9. The summed E-state index contributed by atoms with van der Waals surface area (Å²) in [6.45, 7) is 15.7. The van der Waals surface area contributed by atoms with Gasteiger partial charge in [-0.25, -0.2) is 19.6 Å². The van der Waals surface area contributed by atoms with E-state index in [0.717, 1.165) is 41.0 Å². The standard InChI is InChI=1S/C15H21BrN2O3.C10H19NO3.C5H4BrNO.C4H8O/c1-15(2,3)21-14(19)18-8-6-11(7-9-18)20-12-4-5-13(16)17-10-12;1-10(2,3)14-9(13)11-6-4-8(12)5-7-11;6-5-2-1-4(8)3-7-5;1-2-4-5-3-1/h4-5,10-11H,6-9H2,1-3H3;8,12H,4-7H2,1-3H3;1-3,8H;1-4H2. The smallest absolute Gasteiger partial charge is 0.410 e. The van der Waals surface area contributed by atoms with Crippen LogP contribution in [0.5, 0.6) is 11.5 Å². The zero-order chi connectivity index (χ0) is 35.7. The third-order valence-electron chi connectivity index (χ3n) is 6.75. The van der Waals surface area contributed by atoms with Gasteiger partial charge in [0.25, 0.3) is 0 Å². The van der Waals surface area contributed by atoms with Crippen molar-refractivity contribution in [2.75, 3.05) is 39.4 Å². The van der Waals surface area contributed by atoms with Crippen LogP contribution in [0.2, 0.25) is 0 Å². The third kappa shape index (κ3) is 18.8. The highest BCUT2D eigenvalue weighted by atomic mass is 79.9. The van der Waals surface area contributed by atoms with Gasteiger partial charge in [0.05, 0.1) is 18.5 Å². The Morgan fingerprint density at radius 1 is 0.771 bits per heavy atom. The fourth-order valence-corrected chi connectivity index (χ4v) is 4.83. The largest absolute Gasteiger partial charge is 0.506 e. The Morgan fingerprint density at radius 3 is 1.58 bits per heavy atom. The number of ether oxygens (including phenoxy) is 4. The summed E-state index contributed by atoms with van der Waals surface area (Å²) < 4.78 is 22.9. The Bertz CT molecular complexity index is 1180. The van der Waals surface area contributed by atoms with Crippen molar-refractivity contribution in [3.63, 3.8) is 0 Å². The van der Waals surface area contributed by atoms with Crippen LogP contribution in [-0.2, 0) is 14.2 Å². The van der Waals surface area contributed by atoms with E-state index in [4.69, 9.17) is 24.1 Å². The number of piperidine rings is 2. The van der Waals surface area contributed by atoms with E-state index in [2.05, 4.69) is 41.8 Å². The first-order valence-electron chi connectivity index (χ1n) is 16.3. The Hall–Kier alpha value is -2.68. The Labute approximate surface area is 301 Å². The van der Waals surface area contributed by atoms with Crippen molar-refractivity contribution in [2.45, 2.75) is 103 Å². The van der Waals surface area contributed by atoms with Gasteiger partial charge in [-0.1, -0.05) is 0 Å². The molecule has 0 aliphatic carbocycles. The number of nitrogens with zero attached hydrogens (tertiary/aromatic N) is 4. The molecule has 5 rings (SSSR count). The normalized spacial score (nSPS) is 17.0. The average Bonchev–Trinajstić information content (AvgIpc) is 3.60. The van der Waals surface area contributed by atoms with Crippen LogP contribution in [0.4, 0.5) is 9.59 Å². The molecule has 2 aromatic heterocycles. The van der Waals surface area contributed by atoms with Gasteiger partial charge in [-0.15, -0.1) is 0 Å². The second-order valence-corrected chi connectivity index (χ2v) is 15.1. The maximum Gasteiger partial charge on any atom is 0.410 e. The molecule has 0 unspecified atom stereocenters. The molecular formula is C34H52Br2N4O8. The van der Waals surface area contributed by atoms with Crippen LogP contribution in [0.15, 0.2) is 45.9 Å². The number of aliphatic hydroxyl groups is 1. The molecule has 0 bridgehead atoms. The molecular weight excluding hydrogens is 752 g/mol. The van der Waals surface area contributed by atoms with Crippen molar-refractivity contribution in [1.82, 2.24) is 19.8 Å². The molecule has 0 atom stereocenters. The van der Waals surface area contributed by atoms with Crippen LogP contribution in [-0.4, -0.2) is 105 Å². The van der Waals surface area contributed by atoms with E-state index >= 15 is 0 Å². The van der Waals surface area contributed by atoms with E-state index in [1.165, 1.54) is 19.0 Å². The van der Waals surface area contributed by atoms with Crippen molar-refractivity contribution >= 4 is 44.0 Å². The molecule has 2 amide bonds. The number of likely N-dealkylation sites (tertiary alicyclic amines) is 2. The lowest BCUT2D eigenvalue weighted by Gasteiger charge is -2.33. The summed E-state index contributed by atoms with van der Waals surface area (Å²) in [7, 11) is 0. The first-order chi connectivity index (χ1) is 22.5. The molecule has 0 saturated carbocycles. The third-order valence-corrected chi connectivity index (χ3v) is 7.69. The zero-order valence-corrected chi connectivity index (χ0v) is 32.2. The van der Waals surface area contributed by atoms with E-state index in [1.807, 2.05) is 53.7 Å². The van der Waals surface area contributed by atoms with Gasteiger partial charge in [-0.05, 0) is 123 Å². The zero-order valence-electron chi connectivity index (χ0n) is 29.0. The van der Waals surface area contributed by atoms with Gasteiger partial charge in [-0.3, -0.25) is 0 Å². The SMILES string of the molecule is C1CCOC1.CC(C)(C)OC(=O)N1CCC(O)CC1.CC(C)(C)OC(=O)N1CCC(Oc2ccc(Br)nc2)CC1.Oc1ccc(Br)nc1. The fraction of sp³-hybridized carbons (Fsp3) is 0.647. The van der Waals surface area contributed by atoms with Gasteiger partial charge in [0, 0.05) is 52.2 Å². The molecule has 3 aliphatic heterocycles. The summed E-state index contributed by atoms with van der Waals surface area (Å²) in [5, 5.41) is 17.9. The monoisotopic (exact) mass is 802 g/mol. The van der Waals surface area contributed by atoms with Gasteiger partial charge >= 0.3 is 12.2 Å². The predicted molar refractivity (Wildman–Crippen MR) is 190 cm³/mol. The highest BCUT2D eigenvalue weighted by Crippen LogP contribution is 2.21. The summed E-state index contributed by atoms with van der Waals surface area (Å²) in [6, 6.07) is 6.98. The van der Waals surface area contributed by atoms with E-state index in [9.17, 15) is 14.7 Å². The van der Waals surface area contributed by atoms with Crippen molar-refractivity contribution in [3.05, 3.63) is 45.9 Å². The molecule has 0 aromatic carbocycles. The number of aromatic nitrogens is 2. The summed E-state index contributed by atoms with van der Waals surface area (Å²) in [5.74, 6) is 0.946. The summed E-state index contributed by atoms with van der Waals surface area (Å²) in [5.41, 5.74) is -0.888. The van der Waals surface area contributed by atoms with E-state index in [1.54, 1.807) is 28.1 Å².